The highest BCUT2D eigenvalue weighted by Crippen LogP contribution is 2.16. The zero-order chi connectivity index (χ0) is 23.5. The van der Waals surface area contributed by atoms with E-state index < -0.39 is 6.09 Å². The number of hydrogen-bond donors (Lipinski definition) is 1. The van der Waals surface area contributed by atoms with Gasteiger partial charge in [-0.2, -0.15) is 0 Å². The van der Waals surface area contributed by atoms with E-state index in [4.69, 9.17) is 10.5 Å². The first-order valence-electron chi connectivity index (χ1n) is 14.5. The van der Waals surface area contributed by atoms with Gasteiger partial charge in [0.2, 0.25) is 0 Å². The largest absolute Gasteiger partial charge is 0.450 e. The Morgan fingerprint density at radius 2 is 0.750 bits per heavy atom. The summed E-state index contributed by atoms with van der Waals surface area (Å²) in [5.41, 5.74) is 4.94. The van der Waals surface area contributed by atoms with Crippen molar-refractivity contribution in [3.05, 3.63) is 0 Å². The second kappa shape index (κ2) is 26.5. The third kappa shape index (κ3) is 29.3. The lowest BCUT2D eigenvalue weighted by atomic mass is 10.0. The Kier molecular flexibility index (Phi) is 25.9. The molecule has 0 aromatic carbocycles. The van der Waals surface area contributed by atoms with Gasteiger partial charge in [0.25, 0.3) is 0 Å². The molecule has 0 heterocycles. The minimum Gasteiger partial charge on any atom is -0.450 e. The molecule has 0 radical (unpaired) electrons. The van der Waals surface area contributed by atoms with Crippen LogP contribution in [0.2, 0.25) is 0 Å². The number of rotatable bonds is 26. The molecule has 0 aromatic rings. The molecule has 0 aromatic heterocycles. The van der Waals surface area contributed by atoms with Crippen LogP contribution in [0.1, 0.15) is 168 Å². The molecule has 0 atom stereocenters. The zero-order valence-corrected chi connectivity index (χ0v) is 22.1. The second-order valence-electron chi connectivity index (χ2n) is 10.5. The molecule has 0 rings (SSSR count). The van der Waals surface area contributed by atoms with Crippen LogP contribution in [-0.4, -0.2) is 12.7 Å². The fourth-order valence-electron chi connectivity index (χ4n) is 4.54. The summed E-state index contributed by atoms with van der Waals surface area (Å²) in [4.78, 5) is 10.4. The molecule has 0 saturated carbocycles. The molecule has 0 aliphatic rings. The van der Waals surface area contributed by atoms with Crippen LogP contribution in [0, 0.1) is 5.92 Å². The van der Waals surface area contributed by atoms with Crippen LogP contribution in [-0.2, 0) is 4.74 Å². The summed E-state index contributed by atoms with van der Waals surface area (Å²) in [6, 6.07) is 0. The fourth-order valence-corrected chi connectivity index (χ4v) is 4.54. The predicted molar refractivity (Wildman–Crippen MR) is 141 cm³/mol. The van der Waals surface area contributed by atoms with E-state index >= 15 is 0 Å². The number of carbonyl (C=O) groups excluding carboxylic acids is 1. The Labute approximate surface area is 202 Å². The minimum absolute atomic E-state index is 0.480. The SMILES string of the molecule is CC(C)CCCCCCCCCCCCCCCCCCCCCCCCCOC(N)=O. The lowest BCUT2D eigenvalue weighted by Crippen LogP contribution is -2.13. The van der Waals surface area contributed by atoms with Crippen LogP contribution >= 0.6 is 0 Å². The van der Waals surface area contributed by atoms with Crippen molar-refractivity contribution >= 4 is 6.09 Å². The number of amides is 1. The summed E-state index contributed by atoms with van der Waals surface area (Å²) < 4.78 is 4.74. The molecule has 1 amide bonds. The normalized spacial score (nSPS) is 11.3. The number of primary amides is 1. The number of unbranched alkanes of at least 4 members (excludes halogenated alkanes) is 22. The van der Waals surface area contributed by atoms with Gasteiger partial charge >= 0.3 is 6.09 Å². The Morgan fingerprint density at radius 1 is 0.500 bits per heavy atom. The molecule has 192 valence electrons. The van der Waals surface area contributed by atoms with Crippen LogP contribution in [0.4, 0.5) is 4.79 Å². The average molecular weight is 454 g/mol. The van der Waals surface area contributed by atoms with Crippen LogP contribution in [0.15, 0.2) is 0 Å². The van der Waals surface area contributed by atoms with Crippen molar-refractivity contribution in [2.75, 3.05) is 6.61 Å². The van der Waals surface area contributed by atoms with Crippen molar-refractivity contribution in [3.8, 4) is 0 Å². The van der Waals surface area contributed by atoms with Crippen molar-refractivity contribution in [1.82, 2.24) is 0 Å². The third-order valence-corrected chi connectivity index (χ3v) is 6.67. The van der Waals surface area contributed by atoms with Gasteiger partial charge in [0, 0.05) is 0 Å². The molecule has 3 nitrogen and oxygen atoms in total. The maximum atomic E-state index is 10.4. The van der Waals surface area contributed by atoms with Gasteiger partial charge in [-0.1, -0.05) is 162 Å². The minimum atomic E-state index is -0.649. The second-order valence-corrected chi connectivity index (χ2v) is 10.5. The van der Waals surface area contributed by atoms with E-state index in [2.05, 4.69) is 13.8 Å². The molecule has 2 N–H and O–H groups in total. The Hall–Kier alpha value is -0.730. The number of hydrogen-bond acceptors (Lipinski definition) is 2. The summed E-state index contributed by atoms with van der Waals surface area (Å²) in [6.07, 6.45) is 32.8. The summed E-state index contributed by atoms with van der Waals surface area (Å²) in [5.74, 6) is 0.885. The molecule has 0 bridgehead atoms. The van der Waals surface area contributed by atoms with E-state index in [1.165, 1.54) is 141 Å². The molecule has 0 aliphatic heterocycles. The van der Waals surface area contributed by atoms with Gasteiger partial charge in [0.05, 0.1) is 6.61 Å². The monoisotopic (exact) mass is 453 g/mol. The van der Waals surface area contributed by atoms with Gasteiger partial charge in [-0.3, -0.25) is 0 Å². The molecule has 3 heteroatoms. The summed E-state index contributed by atoms with van der Waals surface area (Å²) >= 11 is 0. The first-order valence-corrected chi connectivity index (χ1v) is 14.5. The van der Waals surface area contributed by atoms with Crippen LogP contribution in [0.3, 0.4) is 0 Å². The fraction of sp³-hybridized carbons (Fsp3) is 0.966. The molecule has 0 saturated heterocycles. The van der Waals surface area contributed by atoms with Gasteiger partial charge in [-0.05, 0) is 12.3 Å². The van der Waals surface area contributed by atoms with Gasteiger partial charge in [-0.15, -0.1) is 0 Å². The van der Waals surface area contributed by atoms with Crippen LogP contribution in [0.25, 0.3) is 0 Å². The van der Waals surface area contributed by atoms with Crippen LogP contribution < -0.4 is 5.73 Å². The Balaban J connectivity index is 3.02. The van der Waals surface area contributed by atoms with Crippen molar-refractivity contribution in [2.45, 2.75) is 168 Å². The number of ether oxygens (including phenoxy) is 1. The maximum absolute atomic E-state index is 10.4. The van der Waals surface area contributed by atoms with Crippen LogP contribution in [0.5, 0.6) is 0 Å². The lowest BCUT2D eigenvalue weighted by Gasteiger charge is -2.05. The predicted octanol–water partition coefficient (Wildman–Crippen LogP) is 10.1. The van der Waals surface area contributed by atoms with Crippen molar-refractivity contribution in [3.63, 3.8) is 0 Å². The highest BCUT2D eigenvalue weighted by molar-refractivity contribution is 5.64. The number of nitrogens with two attached hydrogens (primary N) is 1. The summed E-state index contributed by atoms with van der Waals surface area (Å²) in [6.45, 7) is 5.15. The number of carbonyl (C=O) groups is 1. The quantitative estimate of drug-likeness (QED) is 0.132. The van der Waals surface area contributed by atoms with E-state index in [0.29, 0.717) is 6.61 Å². The first kappa shape index (κ1) is 31.3. The van der Waals surface area contributed by atoms with Crippen molar-refractivity contribution in [2.24, 2.45) is 11.7 Å². The van der Waals surface area contributed by atoms with Gasteiger partial charge in [0.1, 0.15) is 0 Å². The molecule has 0 unspecified atom stereocenters. The van der Waals surface area contributed by atoms with E-state index in [9.17, 15) is 4.79 Å². The summed E-state index contributed by atoms with van der Waals surface area (Å²) in [5, 5.41) is 0. The smallest absolute Gasteiger partial charge is 0.404 e. The zero-order valence-electron chi connectivity index (χ0n) is 22.1. The van der Waals surface area contributed by atoms with E-state index in [1.807, 2.05) is 0 Å². The highest BCUT2D eigenvalue weighted by atomic mass is 16.5. The Bertz CT molecular complexity index is 370. The molecule has 0 fully saturated rings. The summed E-state index contributed by atoms with van der Waals surface area (Å²) in [7, 11) is 0. The van der Waals surface area contributed by atoms with Crippen molar-refractivity contribution in [1.29, 1.82) is 0 Å². The Morgan fingerprint density at radius 3 is 1.00 bits per heavy atom. The molecule has 0 spiro atoms. The van der Waals surface area contributed by atoms with Gasteiger partial charge in [0.15, 0.2) is 0 Å². The lowest BCUT2D eigenvalue weighted by molar-refractivity contribution is 0.154. The van der Waals surface area contributed by atoms with Crippen molar-refractivity contribution < 1.29 is 9.53 Å². The first-order chi connectivity index (χ1) is 15.6. The van der Waals surface area contributed by atoms with E-state index in [0.717, 1.165) is 18.8 Å². The standard InChI is InChI=1S/C29H59NO2/c1-28(2)26-24-22-20-18-16-14-12-10-8-6-4-3-5-7-9-11-13-15-17-19-21-23-25-27-32-29(30)31/h28H,3-27H2,1-2H3,(H2,30,31). The van der Waals surface area contributed by atoms with E-state index in [-0.39, 0.29) is 0 Å². The van der Waals surface area contributed by atoms with Gasteiger partial charge in [-0.25, -0.2) is 4.79 Å². The molecular formula is C29H59NO2. The van der Waals surface area contributed by atoms with Gasteiger partial charge < -0.3 is 10.5 Å². The third-order valence-electron chi connectivity index (χ3n) is 6.67. The molecular weight excluding hydrogens is 394 g/mol. The average Bonchev–Trinajstić information content (AvgIpc) is 2.75. The molecule has 32 heavy (non-hydrogen) atoms. The van der Waals surface area contributed by atoms with E-state index in [1.54, 1.807) is 0 Å². The highest BCUT2D eigenvalue weighted by Gasteiger charge is 1.97. The maximum Gasteiger partial charge on any atom is 0.404 e. The topological polar surface area (TPSA) is 52.3 Å². The molecule has 0 aliphatic carbocycles.